The van der Waals surface area contributed by atoms with Crippen LogP contribution in [0.4, 0.5) is 0 Å². The first-order chi connectivity index (χ1) is 16.0. The van der Waals surface area contributed by atoms with Crippen LogP contribution in [0, 0.1) is 11.8 Å². The maximum absolute atomic E-state index is 14.0. The number of aliphatic hydroxyl groups excluding tert-OH is 1. The lowest BCUT2D eigenvalue weighted by Crippen LogP contribution is -2.56. The minimum Gasteiger partial charge on any atom is -0.466 e. The second-order valence-corrected chi connectivity index (χ2v) is 10.7. The van der Waals surface area contributed by atoms with Gasteiger partial charge in [0.2, 0.25) is 11.8 Å². The first-order valence-corrected chi connectivity index (χ1v) is 12.8. The van der Waals surface area contributed by atoms with Gasteiger partial charge in [0.15, 0.2) is 0 Å². The van der Waals surface area contributed by atoms with E-state index in [1.807, 2.05) is 0 Å². The van der Waals surface area contributed by atoms with Crippen LogP contribution in [-0.2, 0) is 23.9 Å². The molecular formula is C23H35N3O6S. The van der Waals surface area contributed by atoms with Crippen LogP contribution in [0.15, 0.2) is 12.7 Å². The van der Waals surface area contributed by atoms with Crippen LogP contribution >= 0.6 is 11.8 Å². The number of carbonyl (C=O) groups excluding carboxylic acids is 3. The largest absolute Gasteiger partial charge is 0.466 e. The topological polar surface area (TPSA) is 99.6 Å². The van der Waals surface area contributed by atoms with Crippen molar-refractivity contribution in [3.8, 4) is 0 Å². The molecule has 0 aromatic carbocycles. The minimum atomic E-state index is -0.693. The van der Waals surface area contributed by atoms with E-state index >= 15 is 0 Å². The molecule has 4 saturated heterocycles. The molecule has 10 heteroatoms. The molecule has 2 unspecified atom stereocenters. The number of aliphatic hydroxyl groups is 1. The van der Waals surface area contributed by atoms with Gasteiger partial charge >= 0.3 is 5.97 Å². The third-order valence-electron chi connectivity index (χ3n) is 7.38. The van der Waals surface area contributed by atoms with Crippen molar-refractivity contribution in [3.05, 3.63) is 12.7 Å². The van der Waals surface area contributed by atoms with Crippen LogP contribution in [0.1, 0.15) is 19.8 Å². The molecule has 0 aromatic rings. The molecule has 0 saturated carbocycles. The Kier molecular flexibility index (Phi) is 7.67. The van der Waals surface area contributed by atoms with E-state index in [0.29, 0.717) is 32.7 Å². The van der Waals surface area contributed by atoms with Gasteiger partial charge in [0, 0.05) is 44.5 Å². The van der Waals surface area contributed by atoms with E-state index in [9.17, 15) is 19.5 Å². The summed E-state index contributed by atoms with van der Waals surface area (Å²) < 4.78 is 10.1. The van der Waals surface area contributed by atoms with Crippen LogP contribution in [0.3, 0.4) is 0 Å². The molecule has 4 rings (SSSR count). The number of hydrogen-bond acceptors (Lipinski definition) is 8. The van der Waals surface area contributed by atoms with Gasteiger partial charge in [-0.2, -0.15) is 0 Å². The van der Waals surface area contributed by atoms with Crippen molar-refractivity contribution in [1.82, 2.24) is 14.7 Å². The number of carbonyl (C=O) groups is 3. The first kappa shape index (κ1) is 24.5. The highest BCUT2D eigenvalue weighted by molar-refractivity contribution is 8.02. The van der Waals surface area contributed by atoms with Gasteiger partial charge in [-0.15, -0.1) is 18.3 Å². The lowest BCUT2D eigenvalue weighted by molar-refractivity contribution is -0.153. The highest BCUT2D eigenvalue weighted by Gasteiger charge is 2.74. The number of esters is 1. The molecule has 9 nitrogen and oxygen atoms in total. The molecule has 33 heavy (non-hydrogen) atoms. The summed E-state index contributed by atoms with van der Waals surface area (Å²) in [6, 6.07) is -0.693. The summed E-state index contributed by atoms with van der Waals surface area (Å²) in [6.07, 6.45) is 3.20. The van der Waals surface area contributed by atoms with Gasteiger partial charge in [0.05, 0.1) is 43.0 Å². The summed E-state index contributed by atoms with van der Waals surface area (Å²) in [5.74, 6) is -1.78. The Morgan fingerprint density at radius 1 is 1.36 bits per heavy atom. The van der Waals surface area contributed by atoms with Gasteiger partial charge in [0.1, 0.15) is 6.04 Å². The van der Waals surface area contributed by atoms with Gasteiger partial charge in [-0.05, 0) is 19.8 Å². The number of morpholine rings is 1. The molecule has 1 N–H and O–H groups in total. The number of ether oxygens (including phenoxy) is 2. The molecule has 184 valence electrons. The van der Waals surface area contributed by atoms with E-state index in [1.54, 1.807) is 29.7 Å². The maximum Gasteiger partial charge on any atom is 0.310 e. The summed E-state index contributed by atoms with van der Waals surface area (Å²) in [7, 11) is 0. The Morgan fingerprint density at radius 2 is 2.12 bits per heavy atom. The van der Waals surface area contributed by atoms with E-state index in [1.165, 1.54) is 4.90 Å². The number of nitrogens with zero attached hydrogens (tertiary/aromatic N) is 3. The molecule has 5 atom stereocenters. The number of rotatable bonds is 10. The fourth-order valence-corrected chi connectivity index (χ4v) is 8.20. The summed E-state index contributed by atoms with van der Waals surface area (Å²) >= 11 is 1.62. The fraction of sp³-hybridized carbons (Fsp3) is 0.783. The average molecular weight is 482 g/mol. The summed E-state index contributed by atoms with van der Waals surface area (Å²) in [4.78, 5) is 45.9. The second kappa shape index (κ2) is 10.3. The maximum atomic E-state index is 14.0. The number of hydrogen-bond donors (Lipinski definition) is 1. The third kappa shape index (κ3) is 4.31. The molecule has 0 aliphatic carbocycles. The first-order valence-electron chi connectivity index (χ1n) is 11.9. The van der Waals surface area contributed by atoms with E-state index in [0.717, 1.165) is 26.1 Å². The number of fused-ring (bicyclic) bond motifs is 1. The number of β-amino-alcohol motifs (C(OH)–C–C–N with tert-alkyl or cyclic N) is 1. The number of amides is 2. The normalized spacial score (nSPS) is 33.3. The Bertz CT molecular complexity index is 775. The van der Waals surface area contributed by atoms with Crippen molar-refractivity contribution in [1.29, 1.82) is 0 Å². The molecule has 4 fully saturated rings. The molecule has 4 aliphatic rings. The smallest absolute Gasteiger partial charge is 0.310 e. The minimum absolute atomic E-state index is 0.00854. The van der Waals surface area contributed by atoms with Gasteiger partial charge in [-0.1, -0.05) is 6.08 Å². The standard InChI is InChI=1S/C23H35N3O6S/c1-3-7-25(9-8-24-11-14-31-15-12-24)21(29)19-23-6-5-16(33-23)17(22(30)32-4-2)18(23)20(28)26(19)10-13-27/h3,16-19,27H,1,4-15H2,2H3/t16-,17+,18-,19?,23?/m0/s1. The van der Waals surface area contributed by atoms with Crippen LogP contribution in [0.25, 0.3) is 0 Å². The van der Waals surface area contributed by atoms with E-state index in [-0.39, 0.29) is 42.8 Å². The molecular weight excluding hydrogens is 446 g/mol. The zero-order chi connectivity index (χ0) is 23.6. The molecule has 1 spiro atoms. The summed E-state index contributed by atoms with van der Waals surface area (Å²) in [5.41, 5.74) is 0. The lowest BCUT2D eigenvalue weighted by Gasteiger charge is -2.38. The van der Waals surface area contributed by atoms with Crippen molar-refractivity contribution in [2.45, 2.75) is 35.8 Å². The quantitative estimate of drug-likeness (QED) is 0.343. The summed E-state index contributed by atoms with van der Waals surface area (Å²) in [6.45, 7) is 10.4. The third-order valence-corrected chi connectivity index (χ3v) is 9.34. The SMILES string of the molecule is C=CCN(CCN1CCOCC1)C(=O)C1N(CCO)C(=O)[C@@H]2[C@H](C(=O)OCC)[C@@H]3CCC12S3. The Morgan fingerprint density at radius 3 is 2.79 bits per heavy atom. The Balaban J connectivity index is 1.59. The van der Waals surface area contributed by atoms with Crippen molar-refractivity contribution >= 4 is 29.5 Å². The fourth-order valence-electron chi connectivity index (χ4n) is 5.99. The zero-order valence-electron chi connectivity index (χ0n) is 19.3. The van der Waals surface area contributed by atoms with Gasteiger partial charge in [-0.3, -0.25) is 19.3 Å². The van der Waals surface area contributed by atoms with Gasteiger partial charge in [-0.25, -0.2) is 0 Å². The second-order valence-electron chi connectivity index (χ2n) is 9.09. The summed E-state index contributed by atoms with van der Waals surface area (Å²) in [5, 5.41) is 9.69. The van der Waals surface area contributed by atoms with Crippen LogP contribution in [-0.4, -0.2) is 119 Å². The van der Waals surface area contributed by atoms with Crippen molar-refractivity contribution in [3.63, 3.8) is 0 Å². The zero-order valence-corrected chi connectivity index (χ0v) is 20.1. The van der Waals surface area contributed by atoms with Crippen molar-refractivity contribution in [2.24, 2.45) is 11.8 Å². The van der Waals surface area contributed by atoms with Gasteiger partial charge < -0.3 is 24.4 Å². The van der Waals surface area contributed by atoms with Gasteiger partial charge in [0.25, 0.3) is 0 Å². The average Bonchev–Trinajstić information content (AvgIpc) is 3.45. The van der Waals surface area contributed by atoms with E-state index in [2.05, 4.69) is 11.5 Å². The highest BCUT2D eigenvalue weighted by atomic mass is 32.2. The highest BCUT2D eigenvalue weighted by Crippen LogP contribution is 2.66. The molecule has 2 amide bonds. The van der Waals surface area contributed by atoms with Crippen molar-refractivity contribution < 1.29 is 29.0 Å². The Labute approximate surface area is 199 Å². The van der Waals surface area contributed by atoms with Crippen LogP contribution in [0.2, 0.25) is 0 Å². The predicted octanol–water partition coefficient (Wildman–Crippen LogP) is -0.0202. The Hall–Kier alpha value is -1.62. The molecule has 2 bridgehead atoms. The number of thioether (sulfide) groups is 1. The molecule has 4 heterocycles. The number of likely N-dealkylation sites (tertiary alicyclic amines) is 1. The van der Waals surface area contributed by atoms with Crippen LogP contribution in [0.5, 0.6) is 0 Å². The molecule has 0 aromatic heterocycles. The molecule has 4 aliphatic heterocycles. The van der Waals surface area contributed by atoms with E-state index in [4.69, 9.17) is 9.47 Å². The van der Waals surface area contributed by atoms with Crippen LogP contribution < -0.4 is 0 Å². The molecule has 0 radical (unpaired) electrons. The monoisotopic (exact) mass is 481 g/mol. The lowest BCUT2D eigenvalue weighted by atomic mass is 9.71. The van der Waals surface area contributed by atoms with E-state index < -0.39 is 22.6 Å². The predicted molar refractivity (Wildman–Crippen MR) is 124 cm³/mol. The van der Waals surface area contributed by atoms with Crippen molar-refractivity contribution in [2.75, 3.05) is 65.7 Å².